The summed E-state index contributed by atoms with van der Waals surface area (Å²) in [5.41, 5.74) is 0. The van der Waals surface area contributed by atoms with E-state index in [0.29, 0.717) is 6.42 Å². The molecule has 14 heavy (non-hydrogen) atoms. The van der Waals surface area contributed by atoms with E-state index in [1.54, 1.807) is 23.1 Å². The van der Waals surface area contributed by atoms with Gasteiger partial charge in [0.05, 0.1) is 6.07 Å². The Balaban J connectivity index is 2.56. The van der Waals surface area contributed by atoms with Crippen LogP contribution in [0.15, 0.2) is 4.34 Å². The third-order valence-corrected chi connectivity index (χ3v) is 3.74. The second-order valence-corrected chi connectivity index (χ2v) is 5.68. The number of nitrogens with zero attached hydrogens (tertiary/aromatic N) is 4. The number of nitriles is 1. The number of thioether (sulfide) groups is 1. The molecular weight excluding hydrogens is 216 g/mol. The van der Waals surface area contributed by atoms with E-state index in [9.17, 15) is 0 Å². The normalized spacial score (nSPS) is 12.1. The predicted molar refractivity (Wildman–Crippen MR) is 59.8 cm³/mol. The molecule has 0 radical (unpaired) electrons. The van der Waals surface area contributed by atoms with Crippen LogP contribution in [0.3, 0.4) is 0 Å². The first-order valence-corrected chi connectivity index (χ1v) is 5.87. The Labute approximate surface area is 91.9 Å². The number of hydrogen-bond acceptors (Lipinski definition) is 6. The Bertz CT molecular complexity index is 328. The first kappa shape index (κ1) is 11.3. The van der Waals surface area contributed by atoms with Crippen LogP contribution in [0.4, 0.5) is 5.13 Å². The lowest BCUT2D eigenvalue weighted by Crippen LogP contribution is -2.07. The van der Waals surface area contributed by atoms with Gasteiger partial charge in [0.25, 0.3) is 0 Å². The summed E-state index contributed by atoms with van der Waals surface area (Å²) < 4.78 is 0.927. The lowest BCUT2D eigenvalue weighted by Gasteiger charge is -2.04. The standard InChI is InChI=1S/C8H12N4S2/c1-6(4-5-9)13-8-11-10-7(14-8)12(2)3/h6H,4H2,1-3H3. The highest BCUT2D eigenvalue weighted by molar-refractivity contribution is 8.01. The molecule has 0 spiro atoms. The fourth-order valence-corrected chi connectivity index (χ4v) is 2.77. The Morgan fingerprint density at radius 2 is 2.29 bits per heavy atom. The molecule has 1 unspecified atom stereocenters. The molecule has 1 heterocycles. The predicted octanol–water partition coefficient (Wildman–Crippen LogP) is 2.00. The third-order valence-electron chi connectivity index (χ3n) is 1.46. The smallest absolute Gasteiger partial charge is 0.208 e. The van der Waals surface area contributed by atoms with Crippen molar-refractivity contribution in [1.29, 1.82) is 5.26 Å². The van der Waals surface area contributed by atoms with Gasteiger partial charge in [-0.25, -0.2) is 0 Å². The van der Waals surface area contributed by atoms with E-state index in [0.717, 1.165) is 9.47 Å². The molecule has 1 atom stereocenters. The van der Waals surface area contributed by atoms with Crippen molar-refractivity contribution >= 4 is 28.2 Å². The minimum Gasteiger partial charge on any atom is -0.353 e. The van der Waals surface area contributed by atoms with Crippen LogP contribution in [-0.4, -0.2) is 29.5 Å². The van der Waals surface area contributed by atoms with E-state index >= 15 is 0 Å². The minimum atomic E-state index is 0.281. The number of rotatable bonds is 4. The average molecular weight is 228 g/mol. The maximum absolute atomic E-state index is 8.50. The van der Waals surface area contributed by atoms with Gasteiger partial charge in [-0.15, -0.1) is 10.2 Å². The lowest BCUT2D eigenvalue weighted by molar-refractivity contribution is 0.953. The zero-order valence-electron chi connectivity index (χ0n) is 8.39. The molecule has 0 aromatic carbocycles. The van der Waals surface area contributed by atoms with Crippen molar-refractivity contribution in [2.75, 3.05) is 19.0 Å². The van der Waals surface area contributed by atoms with E-state index in [4.69, 9.17) is 5.26 Å². The molecule has 0 N–H and O–H groups in total. The zero-order valence-corrected chi connectivity index (χ0v) is 10.0. The van der Waals surface area contributed by atoms with Crippen LogP contribution in [0, 0.1) is 11.3 Å². The number of aromatic nitrogens is 2. The van der Waals surface area contributed by atoms with E-state index in [-0.39, 0.29) is 5.25 Å². The Hall–Kier alpha value is -0.800. The van der Waals surface area contributed by atoms with Crippen LogP contribution in [-0.2, 0) is 0 Å². The van der Waals surface area contributed by atoms with Crippen molar-refractivity contribution in [3.8, 4) is 6.07 Å². The maximum Gasteiger partial charge on any atom is 0.208 e. The molecule has 0 aliphatic rings. The lowest BCUT2D eigenvalue weighted by atomic mass is 10.4. The summed E-state index contributed by atoms with van der Waals surface area (Å²) in [6, 6.07) is 2.14. The number of anilines is 1. The highest BCUT2D eigenvalue weighted by atomic mass is 32.2. The fourth-order valence-electron chi connectivity index (χ4n) is 0.773. The van der Waals surface area contributed by atoms with Crippen molar-refractivity contribution < 1.29 is 0 Å². The Morgan fingerprint density at radius 1 is 1.57 bits per heavy atom. The molecule has 1 aromatic heterocycles. The van der Waals surface area contributed by atoms with E-state index in [2.05, 4.69) is 16.3 Å². The van der Waals surface area contributed by atoms with Crippen LogP contribution < -0.4 is 4.90 Å². The summed E-state index contributed by atoms with van der Waals surface area (Å²) in [6.45, 7) is 2.02. The van der Waals surface area contributed by atoms with Gasteiger partial charge in [-0.05, 0) is 0 Å². The second-order valence-electron chi connectivity index (χ2n) is 3.04. The fraction of sp³-hybridized carbons (Fsp3) is 0.625. The molecule has 1 rings (SSSR count). The zero-order chi connectivity index (χ0) is 10.6. The molecule has 4 nitrogen and oxygen atoms in total. The van der Waals surface area contributed by atoms with Crippen molar-refractivity contribution in [3.05, 3.63) is 0 Å². The van der Waals surface area contributed by atoms with Gasteiger partial charge in [0.15, 0.2) is 4.34 Å². The van der Waals surface area contributed by atoms with Gasteiger partial charge < -0.3 is 4.90 Å². The molecule has 1 aromatic rings. The topological polar surface area (TPSA) is 52.8 Å². The summed E-state index contributed by atoms with van der Waals surface area (Å²) >= 11 is 3.15. The Morgan fingerprint density at radius 3 is 2.79 bits per heavy atom. The van der Waals surface area contributed by atoms with Crippen LogP contribution in [0.5, 0.6) is 0 Å². The van der Waals surface area contributed by atoms with Gasteiger partial charge in [-0.2, -0.15) is 5.26 Å². The van der Waals surface area contributed by atoms with Gasteiger partial charge in [-0.3, -0.25) is 0 Å². The van der Waals surface area contributed by atoms with Crippen molar-refractivity contribution in [3.63, 3.8) is 0 Å². The van der Waals surface area contributed by atoms with Crippen LogP contribution in [0.25, 0.3) is 0 Å². The van der Waals surface area contributed by atoms with E-state index in [1.165, 1.54) is 0 Å². The highest BCUT2D eigenvalue weighted by Crippen LogP contribution is 2.30. The molecule has 0 saturated carbocycles. The van der Waals surface area contributed by atoms with Crippen LogP contribution in [0.1, 0.15) is 13.3 Å². The molecule has 0 amide bonds. The quantitative estimate of drug-likeness (QED) is 0.738. The molecule has 0 bridgehead atoms. The van der Waals surface area contributed by atoms with Gasteiger partial charge in [-0.1, -0.05) is 30.0 Å². The minimum absolute atomic E-state index is 0.281. The largest absolute Gasteiger partial charge is 0.353 e. The SMILES string of the molecule is CC(CC#N)Sc1nnc(N(C)C)s1. The van der Waals surface area contributed by atoms with E-state index < -0.39 is 0 Å². The molecule has 0 saturated heterocycles. The third kappa shape index (κ3) is 3.16. The van der Waals surface area contributed by atoms with Crippen LogP contribution in [0.2, 0.25) is 0 Å². The molecule has 0 fully saturated rings. The molecule has 0 aliphatic heterocycles. The van der Waals surface area contributed by atoms with Crippen LogP contribution >= 0.6 is 23.1 Å². The molecule has 6 heteroatoms. The number of hydrogen-bond donors (Lipinski definition) is 0. The first-order chi connectivity index (χ1) is 6.63. The second kappa shape index (κ2) is 5.17. The Kier molecular flexibility index (Phi) is 4.17. The average Bonchev–Trinajstić information content (AvgIpc) is 2.53. The van der Waals surface area contributed by atoms with Crippen molar-refractivity contribution in [2.24, 2.45) is 0 Å². The van der Waals surface area contributed by atoms with Crippen molar-refractivity contribution in [1.82, 2.24) is 10.2 Å². The summed E-state index contributed by atoms with van der Waals surface area (Å²) in [4.78, 5) is 1.93. The molecule has 76 valence electrons. The monoisotopic (exact) mass is 228 g/mol. The van der Waals surface area contributed by atoms with E-state index in [1.807, 2.05) is 25.9 Å². The van der Waals surface area contributed by atoms with Gasteiger partial charge in [0.2, 0.25) is 5.13 Å². The summed E-state index contributed by atoms with van der Waals surface area (Å²) in [5.74, 6) is 0. The molecular formula is C8H12N4S2. The van der Waals surface area contributed by atoms with Crippen molar-refractivity contribution in [2.45, 2.75) is 22.9 Å². The van der Waals surface area contributed by atoms with Gasteiger partial charge >= 0.3 is 0 Å². The maximum atomic E-state index is 8.50. The molecule has 0 aliphatic carbocycles. The summed E-state index contributed by atoms with van der Waals surface area (Å²) in [7, 11) is 3.88. The summed E-state index contributed by atoms with van der Waals surface area (Å²) in [6.07, 6.45) is 0.543. The summed E-state index contributed by atoms with van der Waals surface area (Å²) in [5, 5.41) is 17.7. The first-order valence-electron chi connectivity index (χ1n) is 4.18. The highest BCUT2D eigenvalue weighted by Gasteiger charge is 2.10. The van der Waals surface area contributed by atoms with Gasteiger partial charge in [0, 0.05) is 25.8 Å². The van der Waals surface area contributed by atoms with Gasteiger partial charge in [0.1, 0.15) is 0 Å².